The quantitative estimate of drug-likeness (QED) is 0.727. The van der Waals surface area contributed by atoms with E-state index in [4.69, 9.17) is 11.6 Å². The van der Waals surface area contributed by atoms with Crippen molar-refractivity contribution in [2.24, 2.45) is 0 Å². The maximum Gasteiger partial charge on any atom is 0.250 e. The molecule has 0 bridgehead atoms. The molecule has 0 radical (unpaired) electrons. The number of nitrogens with one attached hydrogen (secondary N) is 2. The van der Waals surface area contributed by atoms with E-state index in [-0.39, 0.29) is 36.6 Å². The van der Waals surface area contributed by atoms with Gasteiger partial charge in [-0.25, -0.2) is 4.68 Å². The summed E-state index contributed by atoms with van der Waals surface area (Å²) in [6, 6.07) is 16.3. The first-order valence-corrected chi connectivity index (χ1v) is 8.82. The van der Waals surface area contributed by atoms with Crippen LogP contribution < -0.4 is 10.6 Å². The van der Waals surface area contributed by atoms with Crippen molar-refractivity contribution in [3.05, 3.63) is 70.7 Å². The van der Waals surface area contributed by atoms with Crippen molar-refractivity contribution in [1.82, 2.24) is 14.8 Å². The van der Waals surface area contributed by atoms with Crippen LogP contribution in [0.2, 0.25) is 5.02 Å². The second-order valence-corrected chi connectivity index (χ2v) is 6.67. The van der Waals surface area contributed by atoms with Crippen LogP contribution in [0.25, 0.3) is 0 Å². The molecule has 0 saturated heterocycles. The number of fused-ring (bicyclic) bond motifs is 1. The van der Waals surface area contributed by atoms with Crippen LogP contribution in [0, 0.1) is 0 Å². The fraction of sp³-hybridized carbons (Fsp3) is 0.158. The van der Waals surface area contributed by atoms with Gasteiger partial charge in [0, 0.05) is 5.02 Å². The fourth-order valence-corrected chi connectivity index (χ4v) is 3.14. The number of rotatable bonds is 4. The van der Waals surface area contributed by atoms with Gasteiger partial charge < -0.3 is 0 Å². The highest BCUT2D eigenvalue weighted by atomic mass is 35.5. The van der Waals surface area contributed by atoms with E-state index >= 15 is 0 Å². The van der Waals surface area contributed by atoms with Gasteiger partial charge >= 0.3 is 0 Å². The van der Waals surface area contributed by atoms with Crippen molar-refractivity contribution >= 4 is 35.3 Å². The van der Waals surface area contributed by atoms with Crippen LogP contribution in [0.1, 0.15) is 23.6 Å². The van der Waals surface area contributed by atoms with E-state index in [0.717, 1.165) is 11.1 Å². The van der Waals surface area contributed by atoms with Gasteiger partial charge in [-0.2, -0.15) is 4.98 Å². The average Bonchev–Trinajstić information content (AvgIpc) is 3.04. The van der Waals surface area contributed by atoms with Gasteiger partial charge in [-0.1, -0.05) is 54.1 Å². The van der Waals surface area contributed by atoms with Crippen molar-refractivity contribution in [2.75, 3.05) is 10.6 Å². The first-order valence-electron chi connectivity index (χ1n) is 8.44. The summed E-state index contributed by atoms with van der Waals surface area (Å²) in [5, 5.41) is 10.4. The van der Waals surface area contributed by atoms with Gasteiger partial charge in [0.25, 0.3) is 5.95 Å². The van der Waals surface area contributed by atoms with Crippen LogP contribution in [-0.2, 0) is 16.0 Å². The maximum absolute atomic E-state index is 12.2. The molecule has 0 unspecified atom stereocenters. The lowest BCUT2D eigenvalue weighted by Gasteiger charge is -2.23. The Morgan fingerprint density at radius 1 is 1.19 bits per heavy atom. The number of amides is 2. The highest BCUT2D eigenvalue weighted by Crippen LogP contribution is 2.30. The van der Waals surface area contributed by atoms with Crippen LogP contribution in [0.15, 0.2) is 54.6 Å². The summed E-state index contributed by atoms with van der Waals surface area (Å²) in [5.41, 5.74) is 1.79. The summed E-state index contributed by atoms with van der Waals surface area (Å²) < 4.78 is 1.61. The van der Waals surface area contributed by atoms with E-state index in [0.29, 0.717) is 11.0 Å². The summed E-state index contributed by atoms with van der Waals surface area (Å²) in [6.07, 6.45) is 0.451. The number of carbonyl (C=O) groups excluding carboxylic acids is 2. The highest BCUT2D eigenvalue weighted by Gasteiger charge is 2.29. The number of nitrogens with zero attached hydrogens (tertiary/aromatic N) is 3. The molecule has 3 aromatic rings. The molecule has 0 spiro atoms. The normalized spacial score (nSPS) is 15.7. The van der Waals surface area contributed by atoms with Gasteiger partial charge in [0.2, 0.25) is 17.8 Å². The Kier molecular flexibility index (Phi) is 4.60. The molecule has 4 rings (SSSR count). The van der Waals surface area contributed by atoms with Crippen LogP contribution in [0.3, 0.4) is 0 Å². The second-order valence-electron chi connectivity index (χ2n) is 6.23. The molecule has 2 aromatic carbocycles. The Balaban J connectivity index is 1.55. The molecule has 0 aliphatic carbocycles. The molecule has 136 valence electrons. The molecule has 8 heteroatoms. The summed E-state index contributed by atoms with van der Waals surface area (Å²) in [7, 11) is 0. The highest BCUT2D eigenvalue weighted by molar-refractivity contribution is 6.30. The number of carbonyl (C=O) groups is 2. The summed E-state index contributed by atoms with van der Waals surface area (Å²) >= 11 is 5.95. The first-order chi connectivity index (χ1) is 13.1. The van der Waals surface area contributed by atoms with E-state index in [1.165, 1.54) is 0 Å². The van der Waals surface area contributed by atoms with Gasteiger partial charge in [-0.05, 0) is 23.3 Å². The average molecular weight is 382 g/mol. The van der Waals surface area contributed by atoms with E-state index in [2.05, 4.69) is 20.7 Å². The number of anilines is 2. The van der Waals surface area contributed by atoms with E-state index < -0.39 is 0 Å². The lowest BCUT2D eigenvalue weighted by atomic mass is 10.0. The molecule has 1 aliphatic rings. The molecule has 0 fully saturated rings. The Bertz CT molecular complexity index is 985. The molecule has 1 aliphatic heterocycles. The summed E-state index contributed by atoms with van der Waals surface area (Å²) in [5.74, 6) is 0.0869. The number of hydrogen-bond donors (Lipinski definition) is 2. The molecule has 1 aromatic heterocycles. The number of halogens is 1. The smallest absolute Gasteiger partial charge is 0.250 e. The standard InChI is InChI=1S/C19H16ClN5O2/c20-14-8-6-13(7-9-14)15-11-17(27)22-19-23-18(24-25(15)19)21-16(26)10-12-4-2-1-3-5-12/h1-9,15H,10-11H2,(H2,21,22,23,24,26,27)/t15-/m0/s1. The molecule has 27 heavy (non-hydrogen) atoms. The molecule has 0 saturated carbocycles. The largest absolute Gasteiger partial charge is 0.295 e. The molecule has 7 nitrogen and oxygen atoms in total. The summed E-state index contributed by atoms with van der Waals surface area (Å²) in [4.78, 5) is 28.5. The van der Waals surface area contributed by atoms with Gasteiger partial charge in [0.15, 0.2) is 0 Å². The molecular formula is C19H16ClN5O2. The van der Waals surface area contributed by atoms with Crippen molar-refractivity contribution in [1.29, 1.82) is 0 Å². The third kappa shape index (κ3) is 3.83. The lowest BCUT2D eigenvalue weighted by molar-refractivity contribution is -0.117. The molecular weight excluding hydrogens is 366 g/mol. The minimum Gasteiger partial charge on any atom is -0.295 e. The van der Waals surface area contributed by atoms with E-state index in [9.17, 15) is 9.59 Å². The predicted octanol–water partition coefficient (Wildman–Crippen LogP) is 3.04. The van der Waals surface area contributed by atoms with Gasteiger partial charge in [-0.15, -0.1) is 5.10 Å². The lowest BCUT2D eigenvalue weighted by Crippen LogP contribution is -2.29. The molecule has 1 atom stereocenters. The van der Waals surface area contributed by atoms with Crippen molar-refractivity contribution in [3.63, 3.8) is 0 Å². The van der Waals surface area contributed by atoms with Crippen LogP contribution in [-0.4, -0.2) is 26.6 Å². The minimum absolute atomic E-state index is 0.156. The maximum atomic E-state index is 12.2. The molecule has 2 heterocycles. The van der Waals surface area contributed by atoms with E-state index in [1.807, 2.05) is 42.5 Å². The van der Waals surface area contributed by atoms with Gasteiger partial charge in [-0.3, -0.25) is 20.2 Å². The van der Waals surface area contributed by atoms with Crippen LogP contribution >= 0.6 is 11.6 Å². The number of hydrogen-bond acceptors (Lipinski definition) is 4. The zero-order chi connectivity index (χ0) is 18.8. The number of benzene rings is 2. The fourth-order valence-electron chi connectivity index (χ4n) is 3.01. The first kappa shape index (κ1) is 17.2. The van der Waals surface area contributed by atoms with Crippen molar-refractivity contribution < 1.29 is 9.59 Å². The molecule has 2 amide bonds. The SMILES string of the molecule is O=C(Cc1ccccc1)Nc1nc2n(n1)[C@H](c1ccc(Cl)cc1)CC(=O)N2. The second kappa shape index (κ2) is 7.20. The zero-order valence-electron chi connectivity index (χ0n) is 14.2. The predicted molar refractivity (Wildman–Crippen MR) is 102 cm³/mol. The Morgan fingerprint density at radius 2 is 1.93 bits per heavy atom. The topological polar surface area (TPSA) is 88.9 Å². The number of aromatic nitrogens is 3. The Labute approximate surface area is 160 Å². The minimum atomic E-state index is -0.307. The van der Waals surface area contributed by atoms with Gasteiger partial charge in [0.1, 0.15) is 0 Å². The Hall–Kier alpha value is -3.19. The third-order valence-corrected chi connectivity index (χ3v) is 4.52. The third-order valence-electron chi connectivity index (χ3n) is 4.27. The van der Waals surface area contributed by atoms with E-state index in [1.54, 1.807) is 16.8 Å². The van der Waals surface area contributed by atoms with Gasteiger partial charge in [0.05, 0.1) is 18.9 Å². The monoisotopic (exact) mass is 381 g/mol. The summed E-state index contributed by atoms with van der Waals surface area (Å²) in [6.45, 7) is 0. The van der Waals surface area contributed by atoms with Crippen LogP contribution in [0.5, 0.6) is 0 Å². The molecule has 2 N–H and O–H groups in total. The van der Waals surface area contributed by atoms with Crippen molar-refractivity contribution in [3.8, 4) is 0 Å². The zero-order valence-corrected chi connectivity index (χ0v) is 15.0. The van der Waals surface area contributed by atoms with Crippen molar-refractivity contribution in [2.45, 2.75) is 18.9 Å². The Morgan fingerprint density at radius 3 is 2.67 bits per heavy atom. The van der Waals surface area contributed by atoms with Crippen LogP contribution in [0.4, 0.5) is 11.9 Å².